The molecule has 0 spiro atoms. The first kappa shape index (κ1) is 14.9. The van der Waals surface area contributed by atoms with Crippen LogP contribution in [0.25, 0.3) is 0 Å². The Hall–Kier alpha value is -1.55. The second-order valence-electron chi connectivity index (χ2n) is 5.18. The standard InChI is InChI=1S/C15H19ClN2O2/c1-10(11-6-7-11)18-14(19)8-9-17-15(20)12-4-2-3-5-13(12)16/h2-5,10-11H,6-9H2,1H3,(H,17,20)(H,18,19)/t10-/m0/s1. The Kier molecular flexibility index (Phi) is 5.01. The highest BCUT2D eigenvalue weighted by molar-refractivity contribution is 6.33. The molecule has 4 nitrogen and oxygen atoms in total. The van der Waals surface area contributed by atoms with Crippen LogP contribution in [0.3, 0.4) is 0 Å². The molecular formula is C15H19ClN2O2. The van der Waals surface area contributed by atoms with E-state index < -0.39 is 0 Å². The Morgan fingerprint density at radius 2 is 2.05 bits per heavy atom. The number of rotatable bonds is 6. The molecule has 0 heterocycles. The largest absolute Gasteiger partial charge is 0.353 e. The van der Waals surface area contributed by atoms with Gasteiger partial charge in [0.1, 0.15) is 0 Å². The molecule has 0 aromatic heterocycles. The average Bonchev–Trinajstić information content (AvgIpc) is 3.23. The van der Waals surface area contributed by atoms with Crippen molar-refractivity contribution in [2.24, 2.45) is 5.92 Å². The van der Waals surface area contributed by atoms with Gasteiger partial charge >= 0.3 is 0 Å². The zero-order chi connectivity index (χ0) is 14.5. The van der Waals surface area contributed by atoms with E-state index in [9.17, 15) is 9.59 Å². The fraction of sp³-hybridized carbons (Fsp3) is 0.467. The third-order valence-corrected chi connectivity index (χ3v) is 3.80. The number of hydrogen-bond acceptors (Lipinski definition) is 2. The third-order valence-electron chi connectivity index (χ3n) is 3.47. The van der Waals surface area contributed by atoms with E-state index >= 15 is 0 Å². The molecule has 1 saturated carbocycles. The van der Waals surface area contributed by atoms with Gasteiger partial charge in [0.05, 0.1) is 10.6 Å². The van der Waals surface area contributed by atoms with Crippen molar-refractivity contribution in [1.82, 2.24) is 10.6 Å². The minimum atomic E-state index is -0.251. The van der Waals surface area contributed by atoms with Gasteiger partial charge in [0.15, 0.2) is 0 Å². The molecule has 5 heteroatoms. The van der Waals surface area contributed by atoms with Crippen LogP contribution in [0.15, 0.2) is 24.3 Å². The predicted octanol–water partition coefficient (Wildman–Crippen LogP) is 2.37. The normalized spacial score (nSPS) is 15.5. The van der Waals surface area contributed by atoms with Crippen LogP contribution < -0.4 is 10.6 Å². The number of carbonyl (C=O) groups excluding carboxylic acids is 2. The predicted molar refractivity (Wildman–Crippen MR) is 78.7 cm³/mol. The third kappa shape index (κ3) is 4.23. The smallest absolute Gasteiger partial charge is 0.252 e. The SMILES string of the molecule is C[C@H](NC(=O)CCNC(=O)c1ccccc1Cl)C1CC1. The maximum atomic E-state index is 11.9. The lowest BCUT2D eigenvalue weighted by Gasteiger charge is -2.13. The van der Waals surface area contributed by atoms with Crippen LogP contribution >= 0.6 is 11.6 Å². The quantitative estimate of drug-likeness (QED) is 0.846. The lowest BCUT2D eigenvalue weighted by molar-refractivity contribution is -0.121. The Morgan fingerprint density at radius 1 is 1.35 bits per heavy atom. The van der Waals surface area contributed by atoms with Crippen LogP contribution in [0.5, 0.6) is 0 Å². The summed E-state index contributed by atoms with van der Waals surface area (Å²) in [6.45, 7) is 2.34. The van der Waals surface area contributed by atoms with E-state index in [2.05, 4.69) is 10.6 Å². The number of amides is 2. The molecule has 1 fully saturated rings. The summed E-state index contributed by atoms with van der Waals surface area (Å²) in [5, 5.41) is 6.07. The zero-order valence-corrected chi connectivity index (χ0v) is 12.2. The van der Waals surface area contributed by atoms with E-state index in [4.69, 9.17) is 11.6 Å². The van der Waals surface area contributed by atoms with Gasteiger partial charge < -0.3 is 10.6 Å². The molecule has 20 heavy (non-hydrogen) atoms. The van der Waals surface area contributed by atoms with Gasteiger partial charge in [-0.05, 0) is 37.8 Å². The summed E-state index contributed by atoms with van der Waals surface area (Å²) >= 11 is 5.93. The number of hydrogen-bond donors (Lipinski definition) is 2. The van der Waals surface area contributed by atoms with Gasteiger partial charge in [-0.2, -0.15) is 0 Å². The average molecular weight is 295 g/mol. The van der Waals surface area contributed by atoms with Crippen LogP contribution in [-0.4, -0.2) is 24.4 Å². The van der Waals surface area contributed by atoms with Gasteiger partial charge in [-0.3, -0.25) is 9.59 Å². The van der Waals surface area contributed by atoms with E-state index in [-0.39, 0.29) is 24.3 Å². The van der Waals surface area contributed by atoms with E-state index in [0.29, 0.717) is 23.0 Å². The molecule has 1 aliphatic carbocycles. The first-order valence-corrected chi connectivity index (χ1v) is 7.28. The van der Waals surface area contributed by atoms with Gasteiger partial charge in [0.2, 0.25) is 5.91 Å². The second kappa shape index (κ2) is 6.75. The van der Waals surface area contributed by atoms with Crippen molar-refractivity contribution in [3.63, 3.8) is 0 Å². The molecule has 0 bridgehead atoms. The lowest BCUT2D eigenvalue weighted by Crippen LogP contribution is -2.36. The molecule has 1 aliphatic rings. The number of nitrogens with one attached hydrogen (secondary N) is 2. The molecule has 0 unspecified atom stereocenters. The highest BCUT2D eigenvalue weighted by Crippen LogP contribution is 2.32. The van der Waals surface area contributed by atoms with Gasteiger partial charge in [-0.25, -0.2) is 0 Å². The monoisotopic (exact) mass is 294 g/mol. The summed E-state index contributed by atoms with van der Waals surface area (Å²) in [5.74, 6) is 0.360. The van der Waals surface area contributed by atoms with Crippen molar-refractivity contribution in [1.29, 1.82) is 0 Å². The van der Waals surface area contributed by atoms with E-state index in [0.717, 1.165) is 0 Å². The molecule has 1 atom stereocenters. The van der Waals surface area contributed by atoms with Crippen LogP contribution in [0.2, 0.25) is 5.02 Å². The number of halogens is 1. The minimum absolute atomic E-state index is 0.0242. The minimum Gasteiger partial charge on any atom is -0.353 e. The summed E-state index contributed by atoms with van der Waals surface area (Å²) in [6.07, 6.45) is 2.68. The Labute approximate surface area is 123 Å². The summed E-state index contributed by atoms with van der Waals surface area (Å²) in [5.41, 5.74) is 0.431. The summed E-state index contributed by atoms with van der Waals surface area (Å²) in [7, 11) is 0. The maximum Gasteiger partial charge on any atom is 0.252 e. The molecule has 0 saturated heterocycles. The first-order valence-electron chi connectivity index (χ1n) is 6.90. The molecule has 1 aromatic carbocycles. The fourth-order valence-corrected chi connectivity index (χ4v) is 2.29. The molecule has 2 rings (SSSR count). The van der Waals surface area contributed by atoms with Crippen LogP contribution in [0.1, 0.15) is 36.5 Å². The van der Waals surface area contributed by atoms with Gasteiger partial charge in [0, 0.05) is 19.0 Å². The van der Waals surface area contributed by atoms with E-state index in [1.54, 1.807) is 24.3 Å². The Balaban J connectivity index is 1.71. The molecular weight excluding hydrogens is 276 g/mol. The van der Waals surface area contributed by atoms with Crippen molar-refractivity contribution < 1.29 is 9.59 Å². The topological polar surface area (TPSA) is 58.2 Å². The number of carbonyl (C=O) groups is 2. The van der Waals surface area contributed by atoms with Crippen LogP contribution in [0, 0.1) is 5.92 Å². The first-order chi connectivity index (χ1) is 9.58. The lowest BCUT2D eigenvalue weighted by atomic mass is 10.2. The van der Waals surface area contributed by atoms with Gasteiger partial charge in [-0.15, -0.1) is 0 Å². The highest BCUT2D eigenvalue weighted by Gasteiger charge is 2.28. The summed E-state index contributed by atoms with van der Waals surface area (Å²) in [4.78, 5) is 23.5. The van der Waals surface area contributed by atoms with Crippen molar-refractivity contribution in [3.8, 4) is 0 Å². The molecule has 2 N–H and O–H groups in total. The van der Waals surface area contributed by atoms with Crippen LogP contribution in [-0.2, 0) is 4.79 Å². The van der Waals surface area contributed by atoms with Gasteiger partial charge in [0.25, 0.3) is 5.91 Å². The molecule has 1 aromatic rings. The van der Waals surface area contributed by atoms with Gasteiger partial charge in [-0.1, -0.05) is 23.7 Å². The fourth-order valence-electron chi connectivity index (χ4n) is 2.07. The van der Waals surface area contributed by atoms with E-state index in [1.807, 2.05) is 6.92 Å². The van der Waals surface area contributed by atoms with Crippen LogP contribution in [0.4, 0.5) is 0 Å². The summed E-state index contributed by atoms with van der Waals surface area (Å²) in [6, 6.07) is 7.09. The van der Waals surface area contributed by atoms with Crippen molar-refractivity contribution in [3.05, 3.63) is 34.9 Å². The molecule has 108 valence electrons. The second-order valence-corrected chi connectivity index (χ2v) is 5.59. The van der Waals surface area contributed by atoms with E-state index in [1.165, 1.54) is 12.8 Å². The Bertz CT molecular complexity index is 500. The highest BCUT2D eigenvalue weighted by atomic mass is 35.5. The molecule has 2 amide bonds. The van der Waals surface area contributed by atoms with Crippen molar-refractivity contribution in [2.45, 2.75) is 32.2 Å². The molecule has 0 radical (unpaired) electrons. The zero-order valence-electron chi connectivity index (χ0n) is 11.5. The van der Waals surface area contributed by atoms with Crippen molar-refractivity contribution >= 4 is 23.4 Å². The van der Waals surface area contributed by atoms with Crippen molar-refractivity contribution in [2.75, 3.05) is 6.54 Å². The molecule has 0 aliphatic heterocycles. The summed E-state index contributed by atoms with van der Waals surface area (Å²) < 4.78 is 0. The Morgan fingerprint density at radius 3 is 2.70 bits per heavy atom. The number of benzene rings is 1. The maximum absolute atomic E-state index is 11.9.